The van der Waals surface area contributed by atoms with E-state index in [1.807, 2.05) is 19.0 Å². The fourth-order valence-electron chi connectivity index (χ4n) is 2.61. The number of nitrogens with zero attached hydrogens (tertiary/aromatic N) is 4. The fourth-order valence-corrected chi connectivity index (χ4v) is 4.83. The fraction of sp³-hybridized carbons (Fsp3) is 0.375. The molecule has 1 saturated heterocycles. The Morgan fingerprint density at radius 2 is 2.04 bits per heavy atom. The van der Waals surface area contributed by atoms with Crippen molar-refractivity contribution in [2.75, 3.05) is 32.1 Å². The Balaban J connectivity index is 1.74. The molecule has 0 amide bonds. The molecule has 7 nitrogen and oxygen atoms in total. The molecule has 1 aromatic heterocycles. The maximum Gasteiger partial charge on any atom is 0.244 e. The van der Waals surface area contributed by atoms with Gasteiger partial charge in [0.15, 0.2) is 5.82 Å². The average molecular weight is 417 g/mol. The monoisotopic (exact) mass is 416 g/mol. The van der Waals surface area contributed by atoms with Gasteiger partial charge in [-0.25, -0.2) is 8.42 Å². The summed E-state index contributed by atoms with van der Waals surface area (Å²) in [6.45, 7) is 0.537. The molecule has 0 saturated carbocycles. The molecule has 1 atom stereocenters. The van der Waals surface area contributed by atoms with E-state index in [4.69, 9.17) is 27.9 Å². The lowest BCUT2D eigenvalue weighted by Crippen LogP contribution is -2.31. The molecular weight excluding hydrogens is 399 g/mol. The first-order valence-corrected chi connectivity index (χ1v) is 10.1. The minimum Gasteiger partial charge on any atom is -0.472 e. The van der Waals surface area contributed by atoms with Gasteiger partial charge in [0.1, 0.15) is 11.0 Å². The SMILES string of the molecule is CN(C)c1cncc(OC2CCN(S(=O)(=O)c3cc(Cl)ccc3Cl)C2)n1. The van der Waals surface area contributed by atoms with Gasteiger partial charge in [-0.15, -0.1) is 0 Å². The van der Waals surface area contributed by atoms with Crippen LogP contribution in [0.25, 0.3) is 0 Å². The zero-order valence-corrected chi connectivity index (χ0v) is 16.6. The normalized spacial score (nSPS) is 18.1. The smallest absolute Gasteiger partial charge is 0.244 e. The van der Waals surface area contributed by atoms with E-state index in [1.165, 1.54) is 22.6 Å². The number of halogens is 2. The third-order valence-electron chi connectivity index (χ3n) is 3.96. The Morgan fingerprint density at radius 3 is 2.77 bits per heavy atom. The quantitative estimate of drug-likeness (QED) is 0.745. The van der Waals surface area contributed by atoms with Gasteiger partial charge in [-0.3, -0.25) is 4.98 Å². The second-order valence-corrected chi connectivity index (χ2v) is 8.83. The Kier molecular flexibility index (Phi) is 5.57. The average Bonchev–Trinajstić information content (AvgIpc) is 3.06. The maximum atomic E-state index is 12.8. The van der Waals surface area contributed by atoms with E-state index >= 15 is 0 Å². The van der Waals surface area contributed by atoms with Crippen LogP contribution in [0.1, 0.15) is 6.42 Å². The number of hydrogen-bond donors (Lipinski definition) is 0. The Hall–Kier alpha value is -1.61. The van der Waals surface area contributed by atoms with Crippen LogP contribution in [0.3, 0.4) is 0 Å². The van der Waals surface area contributed by atoms with E-state index in [1.54, 1.807) is 12.3 Å². The number of benzene rings is 1. The molecule has 0 N–H and O–H groups in total. The van der Waals surface area contributed by atoms with Crippen molar-refractivity contribution < 1.29 is 13.2 Å². The van der Waals surface area contributed by atoms with Crippen LogP contribution < -0.4 is 9.64 Å². The second kappa shape index (κ2) is 7.56. The number of sulfonamides is 1. The number of rotatable bonds is 5. The molecule has 1 aliphatic heterocycles. The van der Waals surface area contributed by atoms with Gasteiger partial charge in [-0.1, -0.05) is 23.2 Å². The second-order valence-electron chi connectivity index (χ2n) is 6.08. The topological polar surface area (TPSA) is 75.6 Å². The third-order valence-corrected chi connectivity index (χ3v) is 6.55. The molecule has 26 heavy (non-hydrogen) atoms. The van der Waals surface area contributed by atoms with Crippen molar-refractivity contribution in [3.8, 4) is 5.88 Å². The van der Waals surface area contributed by atoms with Gasteiger partial charge in [0.25, 0.3) is 0 Å². The lowest BCUT2D eigenvalue weighted by atomic mass is 10.3. The zero-order chi connectivity index (χ0) is 18.9. The van der Waals surface area contributed by atoms with Gasteiger partial charge in [-0.05, 0) is 24.6 Å². The van der Waals surface area contributed by atoms with Crippen molar-refractivity contribution in [2.24, 2.45) is 0 Å². The molecule has 3 rings (SSSR count). The van der Waals surface area contributed by atoms with E-state index < -0.39 is 10.0 Å². The minimum absolute atomic E-state index is 0.00159. The molecule has 1 aliphatic rings. The van der Waals surface area contributed by atoms with Crippen molar-refractivity contribution in [2.45, 2.75) is 17.4 Å². The standard InChI is InChI=1S/C16H18Cl2N4O3S/c1-21(2)15-8-19-9-16(20-15)25-12-5-6-22(10-12)26(23,24)14-7-11(17)3-4-13(14)18/h3-4,7-9,12H,5-6,10H2,1-2H3. The molecular formula is C16H18Cl2N4O3S. The summed E-state index contributed by atoms with van der Waals surface area (Å²) in [6, 6.07) is 4.39. The maximum absolute atomic E-state index is 12.8. The largest absolute Gasteiger partial charge is 0.472 e. The molecule has 0 aliphatic carbocycles. The molecule has 1 fully saturated rings. The molecule has 2 aromatic rings. The van der Waals surface area contributed by atoms with Crippen LogP contribution in [0, 0.1) is 0 Å². The van der Waals surface area contributed by atoms with Crippen molar-refractivity contribution in [1.82, 2.24) is 14.3 Å². The molecule has 1 aromatic carbocycles. The van der Waals surface area contributed by atoms with Crippen molar-refractivity contribution in [3.63, 3.8) is 0 Å². The van der Waals surface area contributed by atoms with E-state index in [9.17, 15) is 8.42 Å². The molecule has 0 spiro atoms. The Morgan fingerprint density at radius 1 is 1.27 bits per heavy atom. The van der Waals surface area contributed by atoms with Crippen LogP contribution in [0.4, 0.5) is 5.82 Å². The Labute approximate surface area is 162 Å². The van der Waals surface area contributed by atoms with Gasteiger partial charge in [0, 0.05) is 25.7 Å². The van der Waals surface area contributed by atoms with E-state index in [2.05, 4.69) is 9.97 Å². The van der Waals surface area contributed by atoms with Crippen LogP contribution in [-0.4, -0.2) is 56.0 Å². The summed E-state index contributed by atoms with van der Waals surface area (Å²) in [6.07, 6.45) is 3.37. The molecule has 0 radical (unpaired) electrons. The Bertz CT molecular complexity index is 908. The van der Waals surface area contributed by atoms with Gasteiger partial charge in [0.2, 0.25) is 15.9 Å². The van der Waals surface area contributed by atoms with Crippen molar-refractivity contribution in [1.29, 1.82) is 0 Å². The molecule has 2 heterocycles. The molecule has 1 unspecified atom stereocenters. The number of aromatic nitrogens is 2. The van der Waals surface area contributed by atoms with Crippen LogP contribution in [0.2, 0.25) is 10.0 Å². The van der Waals surface area contributed by atoms with Crippen LogP contribution in [-0.2, 0) is 10.0 Å². The van der Waals surface area contributed by atoms with E-state index in [0.717, 1.165) is 0 Å². The van der Waals surface area contributed by atoms with Crippen molar-refractivity contribution >= 4 is 39.0 Å². The minimum atomic E-state index is -3.75. The van der Waals surface area contributed by atoms with Crippen LogP contribution in [0.5, 0.6) is 5.88 Å². The van der Waals surface area contributed by atoms with E-state index in [-0.39, 0.29) is 22.6 Å². The molecule has 0 bridgehead atoms. The number of anilines is 1. The predicted octanol–water partition coefficient (Wildman–Crippen LogP) is 2.69. The lowest BCUT2D eigenvalue weighted by Gasteiger charge is -2.18. The third kappa shape index (κ3) is 4.03. The highest BCUT2D eigenvalue weighted by Crippen LogP contribution is 2.30. The highest BCUT2D eigenvalue weighted by Gasteiger charge is 2.35. The predicted molar refractivity (Wildman–Crippen MR) is 101 cm³/mol. The van der Waals surface area contributed by atoms with Gasteiger partial charge in [-0.2, -0.15) is 9.29 Å². The van der Waals surface area contributed by atoms with Gasteiger partial charge < -0.3 is 9.64 Å². The van der Waals surface area contributed by atoms with Crippen LogP contribution in [0.15, 0.2) is 35.5 Å². The molecule has 10 heteroatoms. The number of hydrogen-bond acceptors (Lipinski definition) is 6. The summed E-state index contributed by atoms with van der Waals surface area (Å²) in [5, 5.41) is 0.457. The summed E-state index contributed by atoms with van der Waals surface area (Å²) in [5.41, 5.74) is 0. The summed E-state index contributed by atoms with van der Waals surface area (Å²) in [5.74, 6) is 1.02. The molecule has 140 valence electrons. The summed E-state index contributed by atoms with van der Waals surface area (Å²) in [4.78, 5) is 10.2. The zero-order valence-electron chi connectivity index (χ0n) is 14.3. The number of ether oxygens (including phenoxy) is 1. The first-order chi connectivity index (χ1) is 12.3. The summed E-state index contributed by atoms with van der Waals surface area (Å²) < 4.78 is 32.8. The first-order valence-electron chi connectivity index (χ1n) is 7.88. The summed E-state index contributed by atoms with van der Waals surface area (Å²) >= 11 is 12.0. The van der Waals surface area contributed by atoms with Crippen LogP contribution >= 0.6 is 23.2 Å². The summed E-state index contributed by atoms with van der Waals surface area (Å²) in [7, 11) is -0.0388. The van der Waals surface area contributed by atoms with Crippen molar-refractivity contribution in [3.05, 3.63) is 40.6 Å². The van der Waals surface area contributed by atoms with Gasteiger partial charge in [0.05, 0.1) is 24.0 Å². The van der Waals surface area contributed by atoms with Gasteiger partial charge >= 0.3 is 0 Å². The highest BCUT2D eigenvalue weighted by atomic mass is 35.5. The first kappa shape index (κ1) is 19.2. The lowest BCUT2D eigenvalue weighted by molar-refractivity contribution is 0.206. The van der Waals surface area contributed by atoms with E-state index in [0.29, 0.717) is 29.7 Å². The highest BCUT2D eigenvalue weighted by molar-refractivity contribution is 7.89.